The molecule has 0 bridgehead atoms. The summed E-state index contributed by atoms with van der Waals surface area (Å²) in [5.41, 5.74) is 2.39. The number of rotatable bonds is 3. The molecule has 0 aliphatic rings. The smallest absolute Gasteiger partial charge is 0.348 e. The van der Waals surface area contributed by atoms with Crippen LogP contribution in [0.4, 0.5) is 0 Å². The first kappa shape index (κ1) is 15.9. The lowest BCUT2D eigenvalue weighted by molar-refractivity contribution is 0.444. The zero-order chi connectivity index (χ0) is 17.4. The molecular formula is C18H19N3O3. The Labute approximate surface area is 139 Å². The molecule has 0 unspecified atom stereocenters. The van der Waals surface area contributed by atoms with Crippen LogP contribution in [-0.4, -0.2) is 25.0 Å². The number of aromatic hydroxyl groups is 2. The highest BCUT2D eigenvalue weighted by Gasteiger charge is 2.19. The number of aromatic nitrogens is 3. The maximum atomic E-state index is 12.2. The van der Waals surface area contributed by atoms with Gasteiger partial charge >= 0.3 is 5.69 Å². The number of hydrogen-bond donors (Lipinski definition) is 3. The normalized spacial score (nSPS) is 11.2. The van der Waals surface area contributed by atoms with Gasteiger partial charge in [-0.2, -0.15) is 5.10 Å². The van der Waals surface area contributed by atoms with Crippen molar-refractivity contribution in [1.29, 1.82) is 0 Å². The Morgan fingerprint density at radius 2 is 1.75 bits per heavy atom. The van der Waals surface area contributed by atoms with E-state index in [0.717, 1.165) is 5.56 Å². The van der Waals surface area contributed by atoms with E-state index in [1.807, 2.05) is 45.0 Å². The number of H-pyrrole nitrogens is 1. The van der Waals surface area contributed by atoms with Crippen molar-refractivity contribution in [2.45, 2.75) is 26.7 Å². The monoisotopic (exact) mass is 325 g/mol. The molecule has 6 heteroatoms. The molecule has 124 valence electrons. The first-order valence-corrected chi connectivity index (χ1v) is 7.69. The van der Waals surface area contributed by atoms with Crippen molar-refractivity contribution in [1.82, 2.24) is 14.8 Å². The number of aryl methyl sites for hydroxylation is 1. The minimum Gasteiger partial charge on any atom is -0.508 e. The molecule has 0 aliphatic heterocycles. The molecule has 24 heavy (non-hydrogen) atoms. The standard InChI is InChI=1S/C18H19N3O3/c1-10(2)13-8-14(16(23)9-15(13)22)17-19-20-18(24)21(17)12-6-4-11(3)5-7-12/h4-10,22-23H,1-3H3,(H,20,24). The molecule has 3 rings (SSSR count). The zero-order valence-electron chi connectivity index (χ0n) is 13.7. The highest BCUT2D eigenvalue weighted by atomic mass is 16.3. The van der Waals surface area contributed by atoms with Gasteiger partial charge in [0.2, 0.25) is 0 Å². The van der Waals surface area contributed by atoms with Crippen molar-refractivity contribution in [3.8, 4) is 28.6 Å². The third-order valence-electron chi connectivity index (χ3n) is 3.97. The van der Waals surface area contributed by atoms with E-state index in [0.29, 0.717) is 22.6 Å². The Kier molecular flexibility index (Phi) is 3.89. The van der Waals surface area contributed by atoms with Crippen LogP contribution in [0.2, 0.25) is 0 Å². The molecule has 3 N–H and O–H groups in total. The van der Waals surface area contributed by atoms with E-state index < -0.39 is 5.69 Å². The summed E-state index contributed by atoms with van der Waals surface area (Å²) in [6.07, 6.45) is 0. The lowest BCUT2D eigenvalue weighted by Crippen LogP contribution is -2.15. The molecule has 1 heterocycles. The zero-order valence-corrected chi connectivity index (χ0v) is 13.7. The lowest BCUT2D eigenvalue weighted by atomic mass is 9.98. The molecule has 0 atom stereocenters. The summed E-state index contributed by atoms with van der Waals surface area (Å²) >= 11 is 0. The summed E-state index contributed by atoms with van der Waals surface area (Å²) in [5, 5.41) is 26.7. The number of nitrogens with one attached hydrogen (secondary N) is 1. The third-order valence-corrected chi connectivity index (χ3v) is 3.97. The molecule has 2 aromatic carbocycles. The van der Waals surface area contributed by atoms with Gasteiger partial charge in [-0.1, -0.05) is 31.5 Å². The maximum absolute atomic E-state index is 12.2. The van der Waals surface area contributed by atoms with E-state index in [2.05, 4.69) is 10.2 Å². The second-order valence-corrected chi connectivity index (χ2v) is 6.11. The summed E-state index contributed by atoms with van der Waals surface area (Å²) in [4.78, 5) is 12.2. The summed E-state index contributed by atoms with van der Waals surface area (Å²) < 4.78 is 1.40. The van der Waals surface area contributed by atoms with E-state index >= 15 is 0 Å². The number of phenolic OH excluding ortho intramolecular Hbond substituents is 2. The van der Waals surface area contributed by atoms with Gasteiger partial charge < -0.3 is 10.2 Å². The molecule has 0 spiro atoms. The number of benzene rings is 2. The average molecular weight is 325 g/mol. The van der Waals surface area contributed by atoms with E-state index in [9.17, 15) is 15.0 Å². The predicted octanol–water partition coefficient (Wildman–Crippen LogP) is 3.07. The lowest BCUT2D eigenvalue weighted by Gasteiger charge is -2.13. The SMILES string of the molecule is Cc1ccc(-n2c(-c3cc(C(C)C)c(O)cc3O)n[nH]c2=O)cc1. The van der Waals surface area contributed by atoms with E-state index in [4.69, 9.17) is 0 Å². The summed E-state index contributed by atoms with van der Waals surface area (Å²) in [5.74, 6) is 0.237. The van der Waals surface area contributed by atoms with Gasteiger partial charge in [0.15, 0.2) is 5.82 Å². The van der Waals surface area contributed by atoms with Crippen LogP contribution in [0.25, 0.3) is 17.1 Å². The topological polar surface area (TPSA) is 91.1 Å². The quantitative estimate of drug-likeness (QED) is 0.690. The Morgan fingerprint density at radius 3 is 2.38 bits per heavy atom. The van der Waals surface area contributed by atoms with Crippen LogP contribution in [0.3, 0.4) is 0 Å². The van der Waals surface area contributed by atoms with Gasteiger partial charge in [-0.05, 0) is 36.6 Å². The molecule has 0 fully saturated rings. The minimum absolute atomic E-state index is 0.0195. The van der Waals surface area contributed by atoms with Crippen molar-refractivity contribution >= 4 is 0 Å². The molecule has 6 nitrogen and oxygen atoms in total. The Balaban J connectivity index is 2.24. The Bertz CT molecular complexity index is 937. The molecule has 0 radical (unpaired) electrons. The molecule has 0 aliphatic carbocycles. The number of aromatic amines is 1. The molecular weight excluding hydrogens is 306 g/mol. The van der Waals surface area contributed by atoms with Crippen LogP contribution in [-0.2, 0) is 0 Å². The largest absolute Gasteiger partial charge is 0.508 e. The third kappa shape index (κ3) is 2.67. The summed E-state index contributed by atoms with van der Waals surface area (Å²) in [6.45, 7) is 5.84. The van der Waals surface area contributed by atoms with Gasteiger partial charge in [-0.15, -0.1) is 0 Å². The van der Waals surface area contributed by atoms with E-state index in [1.165, 1.54) is 10.6 Å². The van der Waals surface area contributed by atoms with E-state index in [1.54, 1.807) is 6.07 Å². The highest BCUT2D eigenvalue weighted by molar-refractivity contribution is 5.69. The van der Waals surface area contributed by atoms with Crippen LogP contribution in [0.15, 0.2) is 41.2 Å². The highest BCUT2D eigenvalue weighted by Crippen LogP contribution is 2.37. The minimum atomic E-state index is -0.396. The van der Waals surface area contributed by atoms with Crippen molar-refractivity contribution < 1.29 is 10.2 Å². The van der Waals surface area contributed by atoms with E-state index in [-0.39, 0.29) is 17.4 Å². The van der Waals surface area contributed by atoms with Gasteiger partial charge in [0.1, 0.15) is 11.5 Å². The van der Waals surface area contributed by atoms with Crippen LogP contribution in [0.5, 0.6) is 11.5 Å². The first-order valence-electron chi connectivity index (χ1n) is 7.69. The maximum Gasteiger partial charge on any atom is 0.348 e. The second kappa shape index (κ2) is 5.88. The molecule has 1 aromatic heterocycles. The van der Waals surface area contributed by atoms with Gasteiger partial charge in [-0.25, -0.2) is 14.5 Å². The molecule has 0 saturated heterocycles. The fourth-order valence-corrected chi connectivity index (χ4v) is 2.65. The van der Waals surface area contributed by atoms with Crippen molar-refractivity contribution in [3.05, 3.63) is 58.0 Å². The number of nitrogens with zero attached hydrogens (tertiary/aromatic N) is 2. The number of hydrogen-bond acceptors (Lipinski definition) is 4. The molecule has 0 saturated carbocycles. The van der Waals surface area contributed by atoms with Crippen LogP contribution in [0.1, 0.15) is 30.9 Å². The fourth-order valence-electron chi connectivity index (χ4n) is 2.65. The van der Waals surface area contributed by atoms with Crippen molar-refractivity contribution in [2.75, 3.05) is 0 Å². The second-order valence-electron chi connectivity index (χ2n) is 6.11. The fraction of sp³-hybridized carbons (Fsp3) is 0.222. The number of phenols is 2. The van der Waals surface area contributed by atoms with Crippen molar-refractivity contribution in [2.24, 2.45) is 0 Å². The van der Waals surface area contributed by atoms with Gasteiger partial charge in [0.05, 0.1) is 11.3 Å². The van der Waals surface area contributed by atoms with Crippen LogP contribution < -0.4 is 5.69 Å². The van der Waals surface area contributed by atoms with Gasteiger partial charge in [-0.3, -0.25) is 0 Å². The summed E-state index contributed by atoms with van der Waals surface area (Å²) in [7, 11) is 0. The Hall–Kier alpha value is -3.02. The van der Waals surface area contributed by atoms with Gasteiger partial charge in [0.25, 0.3) is 0 Å². The average Bonchev–Trinajstić information content (AvgIpc) is 2.89. The predicted molar refractivity (Wildman–Crippen MR) is 91.8 cm³/mol. The van der Waals surface area contributed by atoms with Crippen molar-refractivity contribution in [3.63, 3.8) is 0 Å². The molecule has 3 aromatic rings. The van der Waals surface area contributed by atoms with Crippen LogP contribution >= 0.6 is 0 Å². The van der Waals surface area contributed by atoms with Gasteiger partial charge in [0, 0.05) is 6.07 Å². The molecule has 0 amide bonds. The first-order chi connectivity index (χ1) is 11.4. The summed E-state index contributed by atoms with van der Waals surface area (Å²) in [6, 6.07) is 10.4. The van der Waals surface area contributed by atoms with Crippen LogP contribution in [0, 0.1) is 6.92 Å². The Morgan fingerprint density at radius 1 is 1.08 bits per heavy atom.